The van der Waals surface area contributed by atoms with E-state index in [2.05, 4.69) is 62.5 Å². The standard InChI is InChI=1S/C44H76O14/c1-3-5-7-9-11-13-14-15-16-17-18-19-21-23-25-27-36(46)56-33(30-53-28-26-24-22-20-12-10-8-6-4-2)31-54-43-42(52)40(50)38(48)35(58-43)32-55-44-41(51)39(49)37(47)34(29-45)57-44/h5,7,11,13,15-16,18-19,33-35,37-45,47-52H,3-4,6,8-10,12,14,17,20-32H2,1-2H3/b7-5-,13-11-,16-15-,19-18-. The number of hydrogen-bond donors (Lipinski definition) is 7. The molecular formula is C44H76O14. The lowest BCUT2D eigenvalue weighted by atomic mass is 9.98. The van der Waals surface area contributed by atoms with Gasteiger partial charge in [-0.25, -0.2) is 0 Å². The molecule has 0 amide bonds. The molecule has 2 rings (SSSR count). The predicted molar refractivity (Wildman–Crippen MR) is 219 cm³/mol. The van der Waals surface area contributed by atoms with E-state index >= 15 is 0 Å². The monoisotopic (exact) mass is 829 g/mol. The Balaban J connectivity index is 1.85. The highest BCUT2D eigenvalue weighted by atomic mass is 16.7. The van der Waals surface area contributed by atoms with Gasteiger partial charge in [0.15, 0.2) is 12.6 Å². The molecule has 0 aromatic rings. The Bertz CT molecular complexity index is 1150. The van der Waals surface area contributed by atoms with Crippen LogP contribution in [0.25, 0.3) is 0 Å². The minimum Gasteiger partial charge on any atom is -0.457 e. The van der Waals surface area contributed by atoms with E-state index < -0.39 is 86.7 Å². The van der Waals surface area contributed by atoms with Crippen LogP contribution in [-0.4, -0.2) is 142 Å². The van der Waals surface area contributed by atoms with Crippen molar-refractivity contribution in [2.24, 2.45) is 0 Å². The zero-order valence-electron chi connectivity index (χ0n) is 35.0. The quantitative estimate of drug-likeness (QED) is 0.0284. The van der Waals surface area contributed by atoms with Crippen molar-refractivity contribution in [3.63, 3.8) is 0 Å². The predicted octanol–water partition coefficient (Wildman–Crippen LogP) is 4.45. The molecule has 2 fully saturated rings. The molecule has 11 atom stereocenters. The van der Waals surface area contributed by atoms with Crippen LogP contribution >= 0.6 is 0 Å². The van der Waals surface area contributed by atoms with Crippen molar-refractivity contribution in [3.05, 3.63) is 48.6 Å². The van der Waals surface area contributed by atoms with E-state index in [1.807, 2.05) is 0 Å². The second kappa shape index (κ2) is 32.7. The molecule has 336 valence electrons. The van der Waals surface area contributed by atoms with E-state index in [4.69, 9.17) is 28.4 Å². The number of aliphatic hydroxyl groups excluding tert-OH is 7. The lowest BCUT2D eigenvalue weighted by Crippen LogP contribution is -2.61. The minimum absolute atomic E-state index is 0.0440. The van der Waals surface area contributed by atoms with Crippen molar-refractivity contribution in [2.45, 2.75) is 191 Å². The molecule has 58 heavy (non-hydrogen) atoms. The zero-order valence-corrected chi connectivity index (χ0v) is 35.0. The number of ether oxygens (including phenoxy) is 6. The number of allylic oxidation sites excluding steroid dienone is 8. The maximum absolute atomic E-state index is 12.9. The maximum atomic E-state index is 12.9. The van der Waals surface area contributed by atoms with Gasteiger partial charge in [-0.2, -0.15) is 0 Å². The number of rotatable bonds is 32. The molecule has 0 aliphatic carbocycles. The van der Waals surface area contributed by atoms with E-state index in [0.717, 1.165) is 57.8 Å². The Hall–Kier alpha value is -2.05. The fraction of sp³-hybridized carbons (Fsp3) is 0.795. The summed E-state index contributed by atoms with van der Waals surface area (Å²) in [5, 5.41) is 71.7. The zero-order chi connectivity index (χ0) is 42.4. The van der Waals surface area contributed by atoms with Gasteiger partial charge in [-0.05, 0) is 51.4 Å². The summed E-state index contributed by atoms with van der Waals surface area (Å²) in [5.41, 5.74) is 0. The minimum atomic E-state index is -1.71. The Labute approximate surface area is 346 Å². The Morgan fingerprint density at radius 3 is 1.72 bits per heavy atom. The van der Waals surface area contributed by atoms with Crippen LogP contribution in [0.4, 0.5) is 0 Å². The van der Waals surface area contributed by atoms with Gasteiger partial charge in [-0.1, -0.05) is 114 Å². The third-order valence-electron chi connectivity index (χ3n) is 10.1. The highest BCUT2D eigenvalue weighted by molar-refractivity contribution is 5.69. The Morgan fingerprint density at radius 2 is 1.12 bits per heavy atom. The SMILES string of the molecule is CC/C=C\C/C=C\C/C=C\C/C=C\CCCCC(=O)OC(COCCCCCCCCCCC)COC1OC(COC2OC(CO)C(O)C(O)C2O)C(O)C(O)C1O. The van der Waals surface area contributed by atoms with Gasteiger partial charge in [0.25, 0.3) is 0 Å². The van der Waals surface area contributed by atoms with E-state index in [1.165, 1.54) is 38.5 Å². The second-order valence-electron chi connectivity index (χ2n) is 15.1. The first-order valence-electron chi connectivity index (χ1n) is 21.7. The highest BCUT2D eigenvalue weighted by Gasteiger charge is 2.47. The van der Waals surface area contributed by atoms with Crippen molar-refractivity contribution in [2.75, 3.05) is 33.0 Å². The molecule has 0 saturated carbocycles. The van der Waals surface area contributed by atoms with Crippen molar-refractivity contribution in [1.82, 2.24) is 0 Å². The largest absolute Gasteiger partial charge is 0.457 e. The number of carbonyl (C=O) groups is 1. The lowest BCUT2D eigenvalue weighted by Gasteiger charge is -2.42. The second-order valence-corrected chi connectivity index (χ2v) is 15.1. The number of hydrogen-bond acceptors (Lipinski definition) is 14. The van der Waals surface area contributed by atoms with Gasteiger partial charge in [-0.3, -0.25) is 4.79 Å². The van der Waals surface area contributed by atoms with Gasteiger partial charge in [-0.15, -0.1) is 0 Å². The van der Waals surface area contributed by atoms with Gasteiger partial charge in [0.1, 0.15) is 54.9 Å². The highest BCUT2D eigenvalue weighted by Crippen LogP contribution is 2.26. The summed E-state index contributed by atoms with van der Waals surface area (Å²) in [5.74, 6) is -0.420. The van der Waals surface area contributed by atoms with Crippen molar-refractivity contribution < 1.29 is 69.0 Å². The van der Waals surface area contributed by atoms with Gasteiger partial charge < -0.3 is 64.2 Å². The number of esters is 1. The Morgan fingerprint density at radius 1 is 0.586 bits per heavy atom. The molecular weight excluding hydrogens is 752 g/mol. The summed E-state index contributed by atoms with van der Waals surface area (Å²) < 4.78 is 34.0. The van der Waals surface area contributed by atoms with Gasteiger partial charge in [0.2, 0.25) is 0 Å². The average Bonchev–Trinajstić information content (AvgIpc) is 3.22. The molecule has 0 radical (unpaired) electrons. The third kappa shape index (κ3) is 21.5. The fourth-order valence-electron chi connectivity index (χ4n) is 6.51. The normalized spacial score (nSPS) is 28.7. The molecule has 11 unspecified atom stereocenters. The summed E-state index contributed by atoms with van der Waals surface area (Å²) in [6.45, 7) is 3.46. The van der Waals surface area contributed by atoms with E-state index in [1.54, 1.807) is 0 Å². The summed E-state index contributed by atoms with van der Waals surface area (Å²) in [4.78, 5) is 12.9. The van der Waals surface area contributed by atoms with Crippen molar-refractivity contribution in [1.29, 1.82) is 0 Å². The molecule has 14 heteroatoms. The molecule has 7 N–H and O–H groups in total. The van der Waals surface area contributed by atoms with Gasteiger partial charge >= 0.3 is 5.97 Å². The molecule has 2 saturated heterocycles. The molecule has 14 nitrogen and oxygen atoms in total. The summed E-state index contributed by atoms with van der Waals surface area (Å²) in [6.07, 6.45) is 17.7. The molecule has 0 bridgehead atoms. The van der Waals surface area contributed by atoms with Crippen LogP contribution < -0.4 is 0 Å². The van der Waals surface area contributed by atoms with Crippen molar-refractivity contribution in [3.8, 4) is 0 Å². The smallest absolute Gasteiger partial charge is 0.306 e. The van der Waals surface area contributed by atoms with Crippen LogP contribution in [0.1, 0.15) is 123 Å². The molecule has 0 aromatic heterocycles. The summed E-state index contributed by atoms with van der Waals surface area (Å²) in [7, 11) is 0. The number of carbonyl (C=O) groups excluding carboxylic acids is 1. The van der Waals surface area contributed by atoms with E-state index in [9.17, 15) is 40.5 Å². The average molecular weight is 829 g/mol. The lowest BCUT2D eigenvalue weighted by molar-refractivity contribution is -0.332. The molecule has 0 aromatic carbocycles. The third-order valence-corrected chi connectivity index (χ3v) is 10.1. The molecule has 0 spiro atoms. The van der Waals surface area contributed by atoms with Gasteiger partial charge in [0, 0.05) is 13.0 Å². The first kappa shape index (κ1) is 52.1. The van der Waals surface area contributed by atoms with Crippen LogP contribution in [0.3, 0.4) is 0 Å². The van der Waals surface area contributed by atoms with Crippen LogP contribution in [0.15, 0.2) is 48.6 Å². The van der Waals surface area contributed by atoms with Crippen LogP contribution in [0, 0.1) is 0 Å². The molecule has 2 aliphatic heterocycles. The van der Waals surface area contributed by atoms with Crippen LogP contribution in [0.2, 0.25) is 0 Å². The first-order valence-corrected chi connectivity index (χ1v) is 21.7. The fourth-order valence-corrected chi connectivity index (χ4v) is 6.51. The van der Waals surface area contributed by atoms with Gasteiger partial charge in [0.05, 0.1) is 26.4 Å². The topological polar surface area (TPSA) is 214 Å². The van der Waals surface area contributed by atoms with E-state index in [-0.39, 0.29) is 19.6 Å². The molecule has 2 heterocycles. The number of unbranched alkanes of at least 4 members (excludes halogenated alkanes) is 10. The Kier molecular flexibility index (Phi) is 29.4. The van der Waals surface area contributed by atoms with Crippen LogP contribution in [0.5, 0.6) is 0 Å². The number of aliphatic hydroxyl groups is 7. The van der Waals surface area contributed by atoms with Crippen molar-refractivity contribution >= 4 is 5.97 Å². The van der Waals surface area contributed by atoms with Crippen LogP contribution in [-0.2, 0) is 33.2 Å². The van der Waals surface area contributed by atoms with E-state index in [0.29, 0.717) is 13.0 Å². The summed E-state index contributed by atoms with van der Waals surface area (Å²) in [6, 6.07) is 0. The summed E-state index contributed by atoms with van der Waals surface area (Å²) >= 11 is 0. The first-order chi connectivity index (χ1) is 28.1. The molecule has 2 aliphatic rings. The maximum Gasteiger partial charge on any atom is 0.306 e.